The van der Waals surface area contributed by atoms with E-state index in [0.29, 0.717) is 33.7 Å². The van der Waals surface area contributed by atoms with Gasteiger partial charge in [0.05, 0.1) is 19.4 Å². The molecule has 2 rings (SSSR count). The molecule has 0 saturated carbocycles. The molecule has 0 aliphatic heterocycles. The molecule has 0 radical (unpaired) electrons. The van der Waals surface area contributed by atoms with Crippen molar-refractivity contribution in [1.82, 2.24) is 4.98 Å². The molecule has 1 amide bonds. The molecule has 1 aromatic heterocycles. The highest BCUT2D eigenvalue weighted by Crippen LogP contribution is 2.30. The molecule has 0 N–H and O–H groups in total. The summed E-state index contributed by atoms with van der Waals surface area (Å²) in [6.07, 6.45) is 5.96. The molecule has 0 spiro atoms. The lowest BCUT2D eigenvalue weighted by molar-refractivity contribution is -0.114. The summed E-state index contributed by atoms with van der Waals surface area (Å²) >= 11 is 1.16. The van der Waals surface area contributed by atoms with Gasteiger partial charge in [0, 0.05) is 12.6 Å². The second-order valence-corrected chi connectivity index (χ2v) is 8.00. The Morgan fingerprint density at radius 1 is 1.24 bits per heavy atom. The van der Waals surface area contributed by atoms with Crippen LogP contribution in [-0.2, 0) is 9.53 Å². The molecular weight excluding hydrogens is 442 g/mol. The number of unbranched alkanes of at least 4 members (excludes halogenated alkanes) is 2. The Morgan fingerprint density at radius 3 is 2.70 bits per heavy atom. The standard InChI is InChI=1S/C24H29N3O5S/c1-5-7-8-14-27(24-26-17(3)22(33-24)23(29)31-6-2)21(28)12-10-18-9-11-19(32-15-13-25)20(16-18)30-4/h9-12,16H,5-8,14-15H2,1-4H3/b12-10-. The van der Waals surface area contributed by atoms with E-state index in [-0.39, 0.29) is 19.1 Å². The zero-order chi connectivity index (χ0) is 24.2. The van der Waals surface area contributed by atoms with Crippen LogP contribution in [-0.4, -0.2) is 43.7 Å². The molecule has 176 valence electrons. The summed E-state index contributed by atoms with van der Waals surface area (Å²) in [6.45, 7) is 6.26. The van der Waals surface area contributed by atoms with Crippen molar-refractivity contribution in [3.8, 4) is 17.6 Å². The van der Waals surface area contributed by atoms with Gasteiger partial charge in [0.15, 0.2) is 23.2 Å². The smallest absolute Gasteiger partial charge is 0.350 e. The molecule has 0 aliphatic carbocycles. The normalized spacial score (nSPS) is 10.6. The lowest BCUT2D eigenvalue weighted by atomic mass is 10.2. The van der Waals surface area contributed by atoms with Gasteiger partial charge in [-0.05, 0) is 44.0 Å². The number of carbonyl (C=O) groups is 2. The Bertz CT molecular complexity index is 1030. The van der Waals surface area contributed by atoms with E-state index in [1.54, 1.807) is 43.0 Å². The van der Waals surface area contributed by atoms with Gasteiger partial charge >= 0.3 is 5.97 Å². The summed E-state index contributed by atoms with van der Waals surface area (Å²) in [5.74, 6) is 0.253. The summed E-state index contributed by atoms with van der Waals surface area (Å²) in [4.78, 5) is 31.7. The van der Waals surface area contributed by atoms with E-state index < -0.39 is 5.97 Å². The van der Waals surface area contributed by atoms with Gasteiger partial charge in [0.25, 0.3) is 5.91 Å². The number of anilines is 1. The van der Waals surface area contributed by atoms with Gasteiger partial charge in [-0.3, -0.25) is 9.69 Å². The number of carbonyl (C=O) groups excluding carboxylic acids is 2. The van der Waals surface area contributed by atoms with Crippen molar-refractivity contribution in [2.45, 2.75) is 40.0 Å². The maximum atomic E-state index is 13.1. The molecule has 0 saturated heterocycles. The number of hydrogen-bond acceptors (Lipinski definition) is 8. The van der Waals surface area contributed by atoms with Gasteiger partial charge in [-0.1, -0.05) is 37.2 Å². The average Bonchev–Trinajstić information content (AvgIpc) is 3.20. The van der Waals surface area contributed by atoms with E-state index in [0.717, 1.165) is 36.2 Å². The van der Waals surface area contributed by atoms with Gasteiger partial charge in [0.2, 0.25) is 0 Å². The van der Waals surface area contributed by atoms with Crippen LogP contribution in [0.3, 0.4) is 0 Å². The highest BCUT2D eigenvalue weighted by Gasteiger charge is 2.22. The number of nitriles is 1. The Labute approximate surface area is 198 Å². The molecule has 33 heavy (non-hydrogen) atoms. The fourth-order valence-corrected chi connectivity index (χ4v) is 3.97. The topological polar surface area (TPSA) is 102 Å². The monoisotopic (exact) mass is 471 g/mol. The molecule has 1 aromatic carbocycles. The Morgan fingerprint density at radius 2 is 2.03 bits per heavy atom. The first-order valence-corrected chi connectivity index (χ1v) is 11.6. The largest absolute Gasteiger partial charge is 0.493 e. The van der Waals surface area contributed by atoms with Gasteiger partial charge < -0.3 is 14.2 Å². The van der Waals surface area contributed by atoms with Crippen LogP contribution in [0.1, 0.15) is 54.0 Å². The minimum absolute atomic E-state index is 0.0855. The summed E-state index contributed by atoms with van der Waals surface area (Å²) in [6, 6.07) is 7.10. The number of methoxy groups -OCH3 is 1. The number of aromatic nitrogens is 1. The average molecular weight is 472 g/mol. The number of esters is 1. The van der Waals surface area contributed by atoms with Gasteiger partial charge in [-0.15, -0.1) is 0 Å². The van der Waals surface area contributed by atoms with E-state index in [1.165, 1.54) is 13.2 Å². The Hall–Kier alpha value is -3.38. The molecule has 0 aliphatic rings. The molecule has 2 aromatic rings. The highest BCUT2D eigenvalue weighted by molar-refractivity contribution is 7.17. The molecule has 0 fully saturated rings. The fraction of sp³-hybridized carbons (Fsp3) is 0.417. The van der Waals surface area contributed by atoms with Crippen molar-refractivity contribution in [1.29, 1.82) is 5.26 Å². The third-order valence-electron chi connectivity index (χ3n) is 4.63. The van der Waals surface area contributed by atoms with Crippen LogP contribution in [0.15, 0.2) is 24.3 Å². The van der Waals surface area contributed by atoms with Crippen molar-refractivity contribution < 1.29 is 23.8 Å². The summed E-state index contributed by atoms with van der Waals surface area (Å²) < 4.78 is 15.7. The third kappa shape index (κ3) is 7.32. The quantitative estimate of drug-likeness (QED) is 0.249. The first kappa shape index (κ1) is 25.9. The van der Waals surface area contributed by atoms with Gasteiger partial charge in [0.1, 0.15) is 10.9 Å². The number of nitrogens with zero attached hydrogens (tertiary/aromatic N) is 3. The van der Waals surface area contributed by atoms with Crippen molar-refractivity contribution in [3.63, 3.8) is 0 Å². The van der Waals surface area contributed by atoms with Crippen LogP contribution >= 0.6 is 11.3 Å². The minimum Gasteiger partial charge on any atom is -0.493 e. The van der Waals surface area contributed by atoms with Crippen molar-refractivity contribution >= 4 is 34.4 Å². The molecule has 1 heterocycles. The third-order valence-corrected chi connectivity index (χ3v) is 5.79. The maximum Gasteiger partial charge on any atom is 0.350 e. The molecule has 0 unspecified atom stereocenters. The molecule has 0 atom stereocenters. The molecule has 8 nitrogen and oxygen atoms in total. The zero-order valence-electron chi connectivity index (χ0n) is 19.4. The van der Waals surface area contributed by atoms with Crippen LogP contribution in [0.25, 0.3) is 6.08 Å². The lowest BCUT2D eigenvalue weighted by Gasteiger charge is -2.18. The van der Waals surface area contributed by atoms with Gasteiger partial charge in [-0.2, -0.15) is 5.26 Å². The van der Waals surface area contributed by atoms with Gasteiger partial charge in [-0.25, -0.2) is 9.78 Å². The van der Waals surface area contributed by atoms with Crippen LogP contribution in [0.5, 0.6) is 11.5 Å². The first-order chi connectivity index (χ1) is 15.9. The van der Waals surface area contributed by atoms with E-state index in [1.807, 2.05) is 6.07 Å². The van der Waals surface area contributed by atoms with Crippen LogP contribution < -0.4 is 14.4 Å². The predicted molar refractivity (Wildman–Crippen MR) is 128 cm³/mol. The van der Waals surface area contributed by atoms with E-state index in [2.05, 4.69) is 11.9 Å². The van der Waals surface area contributed by atoms with E-state index >= 15 is 0 Å². The Kier molecular flexibility index (Phi) is 10.4. The number of amides is 1. The summed E-state index contributed by atoms with van der Waals surface area (Å²) in [5, 5.41) is 9.16. The van der Waals surface area contributed by atoms with Crippen LogP contribution in [0, 0.1) is 18.3 Å². The van der Waals surface area contributed by atoms with Crippen molar-refractivity contribution in [2.24, 2.45) is 0 Å². The predicted octanol–water partition coefficient (Wildman–Crippen LogP) is 4.78. The summed E-state index contributed by atoms with van der Waals surface area (Å²) in [7, 11) is 1.51. The van der Waals surface area contributed by atoms with Crippen LogP contribution in [0.2, 0.25) is 0 Å². The SMILES string of the molecule is CCCCCN(C(=O)/C=C\c1ccc(OCC#N)c(OC)c1)c1nc(C)c(C(=O)OCC)s1. The number of aryl methyl sites for hydroxylation is 1. The van der Waals surface area contributed by atoms with Crippen molar-refractivity contribution in [3.05, 3.63) is 40.4 Å². The number of hydrogen-bond donors (Lipinski definition) is 0. The molecule has 0 bridgehead atoms. The first-order valence-electron chi connectivity index (χ1n) is 10.8. The zero-order valence-corrected chi connectivity index (χ0v) is 20.2. The summed E-state index contributed by atoms with van der Waals surface area (Å²) in [5.41, 5.74) is 1.28. The lowest BCUT2D eigenvalue weighted by Crippen LogP contribution is -2.30. The van der Waals surface area contributed by atoms with E-state index in [9.17, 15) is 9.59 Å². The van der Waals surface area contributed by atoms with Crippen LogP contribution in [0.4, 0.5) is 5.13 Å². The molecule has 9 heteroatoms. The highest BCUT2D eigenvalue weighted by atomic mass is 32.1. The second kappa shape index (κ2) is 13.2. The maximum absolute atomic E-state index is 13.1. The fourth-order valence-electron chi connectivity index (χ4n) is 2.98. The number of ether oxygens (including phenoxy) is 3. The number of rotatable bonds is 12. The van der Waals surface area contributed by atoms with E-state index in [4.69, 9.17) is 19.5 Å². The number of benzene rings is 1. The molecular formula is C24H29N3O5S. The van der Waals surface area contributed by atoms with Crippen molar-refractivity contribution in [2.75, 3.05) is 31.8 Å². The Balaban J connectivity index is 2.26. The minimum atomic E-state index is -0.430. The second-order valence-electron chi connectivity index (χ2n) is 7.02. The number of thiazole rings is 1.